The van der Waals surface area contributed by atoms with Crippen molar-refractivity contribution in [3.8, 4) is 0 Å². The molecule has 0 aliphatic carbocycles. The zero-order chi connectivity index (χ0) is 10.6. The molecule has 82 valence electrons. The van der Waals surface area contributed by atoms with Crippen LogP contribution in [0.2, 0.25) is 0 Å². The number of fused-ring (bicyclic) bond motifs is 3. The van der Waals surface area contributed by atoms with Crippen molar-refractivity contribution in [1.29, 1.82) is 0 Å². The van der Waals surface area contributed by atoms with E-state index in [0.29, 0.717) is 6.61 Å². The number of cyclic esters (lactones) is 2. The van der Waals surface area contributed by atoms with Crippen LogP contribution in [-0.4, -0.2) is 36.9 Å². The van der Waals surface area contributed by atoms with E-state index >= 15 is 0 Å². The van der Waals surface area contributed by atoms with Gasteiger partial charge in [-0.15, -0.1) is 0 Å². The van der Waals surface area contributed by atoms with Crippen LogP contribution in [0.5, 0.6) is 0 Å². The van der Waals surface area contributed by atoms with Crippen LogP contribution in [0.3, 0.4) is 0 Å². The first-order chi connectivity index (χ1) is 7.16. The molecule has 0 bridgehead atoms. The summed E-state index contributed by atoms with van der Waals surface area (Å²) in [6.07, 6.45) is -0.296. The third-order valence-electron chi connectivity index (χ3n) is 3.46. The molecule has 3 fully saturated rings. The highest BCUT2D eigenvalue weighted by atomic mass is 16.6. The SMILES string of the molecule is CC1OC(=O)CC2C1OC1COC(=O)C12. The molecule has 3 aliphatic heterocycles. The number of hydrogen-bond acceptors (Lipinski definition) is 5. The third-order valence-corrected chi connectivity index (χ3v) is 3.46. The van der Waals surface area contributed by atoms with Crippen molar-refractivity contribution in [3.05, 3.63) is 0 Å². The van der Waals surface area contributed by atoms with Gasteiger partial charge in [0.2, 0.25) is 0 Å². The summed E-state index contributed by atoms with van der Waals surface area (Å²) in [5.41, 5.74) is 0. The van der Waals surface area contributed by atoms with Crippen LogP contribution in [0.25, 0.3) is 0 Å². The van der Waals surface area contributed by atoms with Crippen molar-refractivity contribution in [3.63, 3.8) is 0 Å². The Morgan fingerprint density at radius 2 is 2.13 bits per heavy atom. The van der Waals surface area contributed by atoms with E-state index in [9.17, 15) is 9.59 Å². The van der Waals surface area contributed by atoms with E-state index in [1.54, 1.807) is 6.92 Å². The predicted octanol–water partition coefficient (Wildman–Crippen LogP) is -0.122. The van der Waals surface area contributed by atoms with Gasteiger partial charge >= 0.3 is 11.9 Å². The lowest BCUT2D eigenvalue weighted by atomic mass is 9.83. The van der Waals surface area contributed by atoms with Crippen molar-refractivity contribution in [2.45, 2.75) is 31.7 Å². The molecule has 3 rings (SSSR count). The minimum Gasteiger partial charge on any atom is -0.463 e. The molecule has 3 aliphatic rings. The zero-order valence-corrected chi connectivity index (χ0v) is 8.34. The first-order valence-electron chi connectivity index (χ1n) is 5.18. The summed E-state index contributed by atoms with van der Waals surface area (Å²) in [5, 5.41) is 0. The van der Waals surface area contributed by atoms with E-state index in [0.717, 1.165) is 0 Å². The lowest BCUT2D eigenvalue weighted by Gasteiger charge is -2.30. The Labute approximate surface area is 86.7 Å². The highest BCUT2D eigenvalue weighted by molar-refractivity contribution is 5.78. The van der Waals surface area contributed by atoms with Gasteiger partial charge in [-0.05, 0) is 6.92 Å². The van der Waals surface area contributed by atoms with Gasteiger partial charge < -0.3 is 14.2 Å². The first-order valence-corrected chi connectivity index (χ1v) is 5.18. The molecular weight excluding hydrogens is 200 g/mol. The summed E-state index contributed by atoms with van der Waals surface area (Å²) >= 11 is 0. The molecule has 15 heavy (non-hydrogen) atoms. The van der Waals surface area contributed by atoms with Gasteiger partial charge in [0.1, 0.15) is 18.8 Å². The van der Waals surface area contributed by atoms with E-state index < -0.39 is 0 Å². The fraction of sp³-hybridized carbons (Fsp3) is 0.800. The molecule has 0 amide bonds. The van der Waals surface area contributed by atoms with Crippen molar-refractivity contribution >= 4 is 11.9 Å². The lowest BCUT2D eigenvalue weighted by Crippen LogP contribution is -2.42. The standard InChI is InChI=1S/C10H12O5/c1-4-9-5(2-7(11)14-4)8-6(15-9)3-13-10(8)12/h4-6,8-9H,2-3H2,1H3. The quantitative estimate of drug-likeness (QED) is 0.524. The molecule has 3 saturated heterocycles. The number of ether oxygens (including phenoxy) is 3. The summed E-state index contributed by atoms with van der Waals surface area (Å²) in [7, 11) is 0. The lowest BCUT2D eigenvalue weighted by molar-refractivity contribution is -0.170. The Balaban J connectivity index is 1.89. The number of carbonyl (C=O) groups excluding carboxylic acids is 2. The van der Waals surface area contributed by atoms with Crippen molar-refractivity contribution in [2.24, 2.45) is 11.8 Å². The van der Waals surface area contributed by atoms with Gasteiger partial charge in [-0.1, -0.05) is 0 Å². The fourth-order valence-electron chi connectivity index (χ4n) is 2.81. The molecule has 0 aromatic rings. The number of hydrogen-bond donors (Lipinski definition) is 0. The van der Waals surface area contributed by atoms with Crippen molar-refractivity contribution in [1.82, 2.24) is 0 Å². The van der Waals surface area contributed by atoms with Gasteiger partial charge in [0.05, 0.1) is 18.4 Å². The van der Waals surface area contributed by atoms with Gasteiger partial charge in [0.15, 0.2) is 0 Å². The van der Waals surface area contributed by atoms with Crippen LogP contribution in [0, 0.1) is 11.8 Å². The van der Waals surface area contributed by atoms with Crippen LogP contribution in [0.15, 0.2) is 0 Å². The molecule has 0 aromatic heterocycles. The van der Waals surface area contributed by atoms with Gasteiger partial charge in [-0.3, -0.25) is 9.59 Å². The molecule has 5 nitrogen and oxygen atoms in total. The van der Waals surface area contributed by atoms with Crippen LogP contribution in [-0.2, 0) is 23.8 Å². The average Bonchev–Trinajstić information content (AvgIpc) is 2.68. The Kier molecular flexibility index (Phi) is 1.80. The topological polar surface area (TPSA) is 61.8 Å². The summed E-state index contributed by atoms with van der Waals surface area (Å²) in [5.74, 6) is -0.784. The van der Waals surface area contributed by atoms with E-state index in [2.05, 4.69) is 0 Å². The summed E-state index contributed by atoms with van der Waals surface area (Å²) < 4.78 is 15.7. The second-order valence-electron chi connectivity index (χ2n) is 4.36. The highest BCUT2D eigenvalue weighted by Crippen LogP contribution is 2.43. The maximum atomic E-state index is 11.5. The van der Waals surface area contributed by atoms with E-state index in [4.69, 9.17) is 14.2 Å². The number of esters is 2. The third kappa shape index (κ3) is 1.19. The van der Waals surface area contributed by atoms with Crippen LogP contribution in [0.1, 0.15) is 13.3 Å². The minimum absolute atomic E-state index is 0.0544. The Morgan fingerprint density at radius 1 is 1.33 bits per heavy atom. The maximum absolute atomic E-state index is 11.5. The molecule has 0 N–H and O–H groups in total. The van der Waals surface area contributed by atoms with Gasteiger partial charge in [0.25, 0.3) is 0 Å². The maximum Gasteiger partial charge on any atom is 0.312 e. The zero-order valence-electron chi connectivity index (χ0n) is 8.34. The van der Waals surface area contributed by atoms with Crippen molar-refractivity contribution < 1.29 is 23.8 Å². The largest absolute Gasteiger partial charge is 0.463 e. The van der Waals surface area contributed by atoms with Crippen LogP contribution in [0.4, 0.5) is 0 Å². The Hall–Kier alpha value is -1.10. The molecule has 5 atom stereocenters. The highest BCUT2D eigenvalue weighted by Gasteiger charge is 2.57. The predicted molar refractivity (Wildman–Crippen MR) is 46.8 cm³/mol. The normalized spacial score (nSPS) is 48.2. The Morgan fingerprint density at radius 3 is 2.93 bits per heavy atom. The molecule has 0 aromatic carbocycles. The molecule has 5 unspecified atom stereocenters. The van der Waals surface area contributed by atoms with Crippen LogP contribution >= 0.6 is 0 Å². The van der Waals surface area contributed by atoms with Gasteiger partial charge in [-0.2, -0.15) is 0 Å². The van der Waals surface area contributed by atoms with Gasteiger partial charge in [0, 0.05) is 5.92 Å². The first kappa shape index (κ1) is 9.15. The molecule has 0 spiro atoms. The van der Waals surface area contributed by atoms with E-state index in [1.165, 1.54) is 0 Å². The second kappa shape index (κ2) is 2.95. The molecular formula is C10H12O5. The summed E-state index contributed by atoms with van der Waals surface area (Å²) in [6, 6.07) is 0. The Bertz CT molecular complexity index is 326. The molecule has 0 radical (unpaired) electrons. The average molecular weight is 212 g/mol. The van der Waals surface area contributed by atoms with Gasteiger partial charge in [-0.25, -0.2) is 0 Å². The molecule has 0 saturated carbocycles. The molecule has 5 heteroatoms. The number of rotatable bonds is 0. The van der Waals surface area contributed by atoms with E-state index in [-0.39, 0.29) is 48.5 Å². The summed E-state index contributed by atoms with van der Waals surface area (Å²) in [4.78, 5) is 22.8. The van der Waals surface area contributed by atoms with Crippen LogP contribution < -0.4 is 0 Å². The smallest absolute Gasteiger partial charge is 0.312 e. The minimum atomic E-state index is -0.259. The molecule has 3 heterocycles. The monoisotopic (exact) mass is 212 g/mol. The van der Waals surface area contributed by atoms with E-state index in [1.807, 2.05) is 0 Å². The number of carbonyl (C=O) groups is 2. The second-order valence-corrected chi connectivity index (χ2v) is 4.36. The van der Waals surface area contributed by atoms with Crippen molar-refractivity contribution in [2.75, 3.05) is 6.61 Å². The summed E-state index contributed by atoms with van der Waals surface area (Å²) in [6.45, 7) is 2.12. The fourth-order valence-corrected chi connectivity index (χ4v) is 2.81.